The van der Waals surface area contributed by atoms with E-state index in [1.165, 1.54) is 24.3 Å². The molecule has 2 heterocycles. The summed E-state index contributed by atoms with van der Waals surface area (Å²) in [6, 6.07) is 16.9. The molecule has 10 heteroatoms. The Bertz CT molecular complexity index is 1290. The minimum Gasteiger partial charge on any atom is -0.491 e. The summed E-state index contributed by atoms with van der Waals surface area (Å²) in [6.45, 7) is 1.99. The van der Waals surface area contributed by atoms with Crippen molar-refractivity contribution >= 4 is 15.7 Å². The lowest BCUT2D eigenvalue weighted by Crippen LogP contribution is -2.13. The lowest BCUT2D eigenvalue weighted by molar-refractivity contribution is 0.321. The highest BCUT2D eigenvalue weighted by molar-refractivity contribution is 7.92. The van der Waals surface area contributed by atoms with Crippen molar-refractivity contribution < 1.29 is 22.3 Å². The van der Waals surface area contributed by atoms with E-state index in [9.17, 15) is 12.8 Å². The maximum Gasteiger partial charge on any atom is 0.262 e. The van der Waals surface area contributed by atoms with Crippen LogP contribution in [0.15, 0.2) is 84.0 Å². The Morgan fingerprint density at radius 2 is 1.75 bits per heavy atom. The Kier molecular flexibility index (Phi) is 6.04. The van der Waals surface area contributed by atoms with Crippen LogP contribution < -0.4 is 14.2 Å². The van der Waals surface area contributed by atoms with Gasteiger partial charge < -0.3 is 14.0 Å². The van der Waals surface area contributed by atoms with Crippen LogP contribution in [-0.2, 0) is 10.0 Å². The molecular formula is C22H19FN4O4S. The smallest absolute Gasteiger partial charge is 0.262 e. The van der Waals surface area contributed by atoms with Crippen LogP contribution in [0.5, 0.6) is 17.4 Å². The number of hydrogen-bond donors (Lipinski definition) is 1. The molecule has 0 bridgehead atoms. The lowest BCUT2D eigenvalue weighted by Gasteiger charge is -2.11. The van der Waals surface area contributed by atoms with E-state index in [1.807, 2.05) is 29.1 Å². The van der Waals surface area contributed by atoms with Gasteiger partial charge >= 0.3 is 0 Å². The Hall–Kier alpha value is -3.92. The number of nitrogens with one attached hydrogen (secondary N) is 1. The van der Waals surface area contributed by atoms with Crippen molar-refractivity contribution in [3.63, 3.8) is 0 Å². The highest BCUT2D eigenvalue weighted by atomic mass is 32.2. The first-order valence-corrected chi connectivity index (χ1v) is 11.1. The van der Waals surface area contributed by atoms with Gasteiger partial charge in [-0.25, -0.2) is 12.8 Å². The predicted molar refractivity (Wildman–Crippen MR) is 116 cm³/mol. The molecule has 32 heavy (non-hydrogen) atoms. The second-order valence-electron chi connectivity index (χ2n) is 6.58. The Labute approximate surface area is 184 Å². The van der Waals surface area contributed by atoms with Gasteiger partial charge in [0.15, 0.2) is 17.4 Å². The molecule has 0 aliphatic heterocycles. The molecule has 164 valence electrons. The normalized spacial score (nSPS) is 11.2. The molecule has 2 aromatic heterocycles. The molecule has 4 rings (SSSR count). The monoisotopic (exact) mass is 454 g/mol. The van der Waals surface area contributed by atoms with Crippen LogP contribution in [-0.4, -0.2) is 29.8 Å². The predicted octanol–water partition coefficient (Wildman–Crippen LogP) is 4.40. The molecule has 0 aliphatic carbocycles. The van der Waals surface area contributed by atoms with Crippen LogP contribution in [0, 0.1) is 5.82 Å². The highest BCUT2D eigenvalue weighted by Gasteiger charge is 2.17. The average molecular weight is 454 g/mol. The first-order chi connectivity index (χ1) is 15.4. The number of sulfonamides is 1. The van der Waals surface area contributed by atoms with E-state index in [0.717, 1.165) is 6.07 Å². The Morgan fingerprint density at radius 3 is 2.38 bits per heavy atom. The van der Waals surface area contributed by atoms with Crippen LogP contribution >= 0.6 is 0 Å². The van der Waals surface area contributed by atoms with Crippen LogP contribution in [0.1, 0.15) is 6.92 Å². The fraction of sp³-hybridized carbons (Fsp3) is 0.0909. The summed E-state index contributed by atoms with van der Waals surface area (Å²) in [5, 5.41) is 8.13. The Balaban J connectivity index is 1.42. The Morgan fingerprint density at radius 1 is 1.00 bits per heavy atom. The second kappa shape index (κ2) is 9.06. The largest absolute Gasteiger partial charge is 0.491 e. The molecule has 4 aromatic rings. The van der Waals surface area contributed by atoms with Gasteiger partial charge in [0, 0.05) is 24.1 Å². The summed E-state index contributed by atoms with van der Waals surface area (Å²) in [5.41, 5.74) is 0.292. The van der Waals surface area contributed by atoms with E-state index in [2.05, 4.69) is 14.9 Å². The number of halogens is 1. The van der Waals surface area contributed by atoms with Gasteiger partial charge in [0.1, 0.15) is 5.75 Å². The number of anilines is 1. The number of aromatic nitrogens is 3. The third-order valence-corrected chi connectivity index (χ3v) is 5.72. The van der Waals surface area contributed by atoms with Gasteiger partial charge in [0.2, 0.25) is 5.88 Å². The van der Waals surface area contributed by atoms with Gasteiger partial charge in [0.05, 0.1) is 11.5 Å². The van der Waals surface area contributed by atoms with E-state index in [-0.39, 0.29) is 17.3 Å². The van der Waals surface area contributed by atoms with Crippen molar-refractivity contribution in [1.82, 2.24) is 14.8 Å². The molecule has 0 saturated carbocycles. The zero-order valence-electron chi connectivity index (χ0n) is 17.0. The zero-order valence-corrected chi connectivity index (χ0v) is 17.8. The van der Waals surface area contributed by atoms with Gasteiger partial charge in [0.25, 0.3) is 10.0 Å². The van der Waals surface area contributed by atoms with Crippen molar-refractivity contribution in [2.45, 2.75) is 11.8 Å². The SMILES string of the molecule is CCOc1ccc(S(=O)(=O)Nc2ccc(Oc3ccc(-n4cccc4)nn3)cc2)cc1F. The molecule has 0 spiro atoms. The van der Waals surface area contributed by atoms with E-state index in [4.69, 9.17) is 9.47 Å². The van der Waals surface area contributed by atoms with Crippen LogP contribution in [0.2, 0.25) is 0 Å². The van der Waals surface area contributed by atoms with Crippen LogP contribution in [0.25, 0.3) is 5.82 Å². The lowest BCUT2D eigenvalue weighted by atomic mass is 10.3. The maximum absolute atomic E-state index is 14.0. The fourth-order valence-corrected chi connectivity index (χ4v) is 3.91. The van der Waals surface area contributed by atoms with Gasteiger partial charge in [-0.05, 0) is 67.6 Å². The molecule has 0 aliphatic rings. The van der Waals surface area contributed by atoms with Crippen molar-refractivity contribution in [3.8, 4) is 23.2 Å². The van der Waals surface area contributed by atoms with Gasteiger partial charge in [-0.1, -0.05) is 0 Å². The summed E-state index contributed by atoms with van der Waals surface area (Å²) < 4.78 is 54.1. The van der Waals surface area contributed by atoms with Crippen molar-refractivity contribution in [3.05, 3.63) is 84.9 Å². The summed E-state index contributed by atoms with van der Waals surface area (Å²) in [6.07, 6.45) is 3.71. The topological polar surface area (TPSA) is 95.3 Å². The maximum atomic E-state index is 14.0. The van der Waals surface area contributed by atoms with Crippen LogP contribution in [0.3, 0.4) is 0 Å². The molecule has 0 atom stereocenters. The van der Waals surface area contributed by atoms with Gasteiger partial charge in [-0.3, -0.25) is 4.72 Å². The molecular weight excluding hydrogens is 435 g/mol. The number of nitrogens with zero attached hydrogens (tertiary/aromatic N) is 3. The summed E-state index contributed by atoms with van der Waals surface area (Å²) in [7, 11) is -3.98. The molecule has 0 saturated heterocycles. The molecule has 8 nitrogen and oxygen atoms in total. The third-order valence-electron chi connectivity index (χ3n) is 4.34. The van der Waals surface area contributed by atoms with E-state index < -0.39 is 15.8 Å². The molecule has 0 fully saturated rings. The molecule has 1 N–H and O–H groups in total. The van der Waals surface area contributed by atoms with Gasteiger partial charge in [-0.15, -0.1) is 10.2 Å². The van der Waals surface area contributed by atoms with Crippen molar-refractivity contribution in [2.24, 2.45) is 0 Å². The van der Waals surface area contributed by atoms with E-state index in [1.54, 1.807) is 31.2 Å². The second-order valence-corrected chi connectivity index (χ2v) is 8.26. The van der Waals surface area contributed by atoms with E-state index >= 15 is 0 Å². The molecule has 0 amide bonds. The van der Waals surface area contributed by atoms with Crippen molar-refractivity contribution in [1.29, 1.82) is 0 Å². The first kappa shape index (κ1) is 21.3. The number of ether oxygens (including phenoxy) is 2. The molecule has 0 radical (unpaired) electrons. The van der Waals surface area contributed by atoms with Gasteiger partial charge in [-0.2, -0.15) is 0 Å². The minimum atomic E-state index is -3.98. The number of rotatable bonds is 8. The number of benzene rings is 2. The summed E-state index contributed by atoms with van der Waals surface area (Å²) in [5.74, 6) is 0.639. The fourth-order valence-electron chi connectivity index (χ4n) is 2.84. The summed E-state index contributed by atoms with van der Waals surface area (Å²) in [4.78, 5) is -0.211. The zero-order chi connectivity index (χ0) is 22.6. The van der Waals surface area contributed by atoms with E-state index in [0.29, 0.717) is 23.1 Å². The quantitative estimate of drug-likeness (QED) is 0.424. The van der Waals surface area contributed by atoms with Crippen LogP contribution in [0.4, 0.5) is 10.1 Å². The highest BCUT2D eigenvalue weighted by Crippen LogP contribution is 2.25. The molecule has 2 aromatic carbocycles. The van der Waals surface area contributed by atoms with Crippen molar-refractivity contribution in [2.75, 3.05) is 11.3 Å². The standard InChI is InChI=1S/C22H19FN4O4S/c1-2-30-20-10-9-18(15-19(20)23)32(28,29)26-16-5-7-17(8-6-16)31-22-12-11-21(24-25-22)27-13-3-4-14-27/h3-15,26H,2H2,1H3. The first-order valence-electron chi connectivity index (χ1n) is 9.65. The summed E-state index contributed by atoms with van der Waals surface area (Å²) >= 11 is 0. The molecule has 0 unspecified atom stereocenters. The third kappa shape index (κ3) is 4.86. The minimum absolute atomic E-state index is 0.00237. The average Bonchev–Trinajstić information content (AvgIpc) is 3.32. The number of hydrogen-bond acceptors (Lipinski definition) is 6.